The molecule has 1 heterocycles. The molecule has 2 aromatic rings. The molecular formula is C24H31N3O2. The topological polar surface area (TPSA) is 71.1 Å². The van der Waals surface area contributed by atoms with E-state index in [1.54, 1.807) is 12.4 Å². The van der Waals surface area contributed by atoms with Crippen molar-refractivity contribution < 1.29 is 9.59 Å². The molecule has 29 heavy (non-hydrogen) atoms. The van der Waals surface area contributed by atoms with Crippen LogP contribution in [0.25, 0.3) is 0 Å². The molecule has 1 aliphatic carbocycles. The minimum Gasteiger partial charge on any atom is -0.352 e. The van der Waals surface area contributed by atoms with Crippen molar-refractivity contribution in [3.05, 3.63) is 59.4 Å². The summed E-state index contributed by atoms with van der Waals surface area (Å²) in [4.78, 5) is 29.4. The molecule has 1 aromatic carbocycles. The van der Waals surface area contributed by atoms with E-state index in [-0.39, 0.29) is 23.7 Å². The summed E-state index contributed by atoms with van der Waals surface area (Å²) in [5.74, 6) is 0.464. The first-order valence-corrected chi connectivity index (χ1v) is 10.5. The number of para-hydroxylation sites is 1. The predicted octanol–water partition coefficient (Wildman–Crippen LogP) is 4.57. The largest absolute Gasteiger partial charge is 0.352 e. The standard InChI is InChI=1S/C24H31N3O2/c1-16(2)21-8-4-6-17(3)22(21)27-24(29)20-11-9-19(10-12-20)23(28)26-15-18-7-5-13-25-14-18/h4-8,13-14,16,19-20H,9-12,15H2,1-3H3,(H,26,28)(H,27,29). The first kappa shape index (κ1) is 21.0. The van der Waals surface area contributed by atoms with Crippen LogP contribution in [0.4, 0.5) is 5.69 Å². The fourth-order valence-electron chi connectivity index (χ4n) is 4.02. The number of carbonyl (C=O) groups is 2. The minimum atomic E-state index is -0.0306. The lowest BCUT2D eigenvalue weighted by molar-refractivity contribution is -0.128. The number of pyridine rings is 1. The molecule has 0 aliphatic heterocycles. The van der Waals surface area contributed by atoms with Gasteiger partial charge in [0, 0.05) is 36.5 Å². The third-order valence-corrected chi connectivity index (χ3v) is 5.83. The Morgan fingerprint density at radius 1 is 1.03 bits per heavy atom. The third-order valence-electron chi connectivity index (χ3n) is 5.83. The number of anilines is 1. The molecular weight excluding hydrogens is 362 g/mol. The van der Waals surface area contributed by atoms with Gasteiger partial charge in [-0.3, -0.25) is 14.6 Å². The second kappa shape index (κ2) is 9.68. The second-order valence-electron chi connectivity index (χ2n) is 8.31. The zero-order chi connectivity index (χ0) is 20.8. The smallest absolute Gasteiger partial charge is 0.227 e. The summed E-state index contributed by atoms with van der Waals surface area (Å²) in [6.45, 7) is 6.81. The fraction of sp³-hybridized carbons (Fsp3) is 0.458. The zero-order valence-corrected chi connectivity index (χ0v) is 17.6. The third kappa shape index (κ3) is 5.43. The highest BCUT2D eigenvalue weighted by molar-refractivity contribution is 5.94. The van der Waals surface area contributed by atoms with E-state index in [4.69, 9.17) is 0 Å². The number of nitrogens with one attached hydrogen (secondary N) is 2. The molecule has 1 aromatic heterocycles. The number of hydrogen-bond donors (Lipinski definition) is 2. The Balaban J connectivity index is 1.52. The number of benzene rings is 1. The first-order chi connectivity index (χ1) is 14.0. The normalized spacial score (nSPS) is 19.0. The Morgan fingerprint density at radius 2 is 1.72 bits per heavy atom. The van der Waals surface area contributed by atoms with Crippen molar-refractivity contribution in [1.29, 1.82) is 0 Å². The molecule has 2 amide bonds. The minimum absolute atomic E-state index is 0.0135. The molecule has 0 spiro atoms. The van der Waals surface area contributed by atoms with Gasteiger partial charge in [0.25, 0.3) is 0 Å². The van der Waals surface area contributed by atoms with Gasteiger partial charge < -0.3 is 10.6 Å². The molecule has 1 fully saturated rings. The van der Waals surface area contributed by atoms with E-state index < -0.39 is 0 Å². The average Bonchev–Trinajstić information content (AvgIpc) is 2.74. The lowest BCUT2D eigenvalue weighted by Gasteiger charge is -2.28. The van der Waals surface area contributed by atoms with E-state index in [1.807, 2.05) is 31.2 Å². The summed E-state index contributed by atoms with van der Waals surface area (Å²) >= 11 is 0. The summed E-state index contributed by atoms with van der Waals surface area (Å²) in [7, 11) is 0. The van der Waals surface area contributed by atoms with Crippen molar-refractivity contribution in [3.8, 4) is 0 Å². The Morgan fingerprint density at radius 3 is 2.34 bits per heavy atom. The predicted molar refractivity (Wildman–Crippen MR) is 115 cm³/mol. The summed E-state index contributed by atoms with van der Waals surface area (Å²) in [5.41, 5.74) is 4.20. The van der Waals surface area contributed by atoms with Crippen molar-refractivity contribution >= 4 is 17.5 Å². The second-order valence-corrected chi connectivity index (χ2v) is 8.31. The number of nitrogens with zero attached hydrogens (tertiary/aromatic N) is 1. The molecule has 154 valence electrons. The Labute approximate surface area is 173 Å². The van der Waals surface area contributed by atoms with Crippen LogP contribution in [0.3, 0.4) is 0 Å². The van der Waals surface area contributed by atoms with Crippen LogP contribution in [0.1, 0.15) is 62.1 Å². The molecule has 0 radical (unpaired) electrons. The molecule has 2 N–H and O–H groups in total. The number of aryl methyl sites for hydroxylation is 1. The van der Waals surface area contributed by atoms with E-state index in [1.165, 1.54) is 5.56 Å². The fourth-order valence-corrected chi connectivity index (χ4v) is 4.02. The first-order valence-electron chi connectivity index (χ1n) is 10.5. The van der Waals surface area contributed by atoms with Crippen LogP contribution in [-0.4, -0.2) is 16.8 Å². The van der Waals surface area contributed by atoms with Crippen molar-refractivity contribution in [1.82, 2.24) is 10.3 Å². The highest BCUT2D eigenvalue weighted by Gasteiger charge is 2.30. The van der Waals surface area contributed by atoms with Gasteiger partial charge in [-0.25, -0.2) is 0 Å². The molecule has 5 heteroatoms. The molecule has 1 saturated carbocycles. The van der Waals surface area contributed by atoms with Crippen LogP contribution in [0.2, 0.25) is 0 Å². The lowest BCUT2D eigenvalue weighted by Crippen LogP contribution is -2.35. The van der Waals surface area contributed by atoms with Gasteiger partial charge in [0.2, 0.25) is 11.8 Å². The van der Waals surface area contributed by atoms with Crippen molar-refractivity contribution in [2.45, 2.75) is 58.9 Å². The quantitative estimate of drug-likeness (QED) is 0.755. The monoisotopic (exact) mass is 393 g/mol. The molecule has 5 nitrogen and oxygen atoms in total. The lowest BCUT2D eigenvalue weighted by atomic mass is 9.81. The SMILES string of the molecule is Cc1cccc(C(C)C)c1NC(=O)C1CCC(C(=O)NCc2cccnc2)CC1. The van der Waals surface area contributed by atoms with Crippen LogP contribution in [-0.2, 0) is 16.1 Å². The van der Waals surface area contributed by atoms with Gasteiger partial charge in [-0.15, -0.1) is 0 Å². The summed E-state index contributed by atoms with van der Waals surface area (Å²) in [6, 6.07) is 9.97. The van der Waals surface area contributed by atoms with Crippen LogP contribution in [0.5, 0.6) is 0 Å². The zero-order valence-electron chi connectivity index (χ0n) is 17.6. The maximum Gasteiger partial charge on any atom is 0.227 e. The van der Waals surface area contributed by atoms with E-state index in [0.29, 0.717) is 12.5 Å². The highest BCUT2D eigenvalue weighted by atomic mass is 16.2. The summed E-state index contributed by atoms with van der Waals surface area (Å²) < 4.78 is 0. The molecule has 0 bridgehead atoms. The number of carbonyl (C=O) groups excluding carboxylic acids is 2. The Kier molecular flexibility index (Phi) is 7.02. The Hall–Kier alpha value is -2.69. The summed E-state index contributed by atoms with van der Waals surface area (Å²) in [6.07, 6.45) is 6.49. The molecule has 0 atom stereocenters. The van der Waals surface area contributed by atoms with E-state index >= 15 is 0 Å². The number of hydrogen-bond acceptors (Lipinski definition) is 3. The molecule has 3 rings (SSSR count). The van der Waals surface area contributed by atoms with Crippen LogP contribution in [0, 0.1) is 18.8 Å². The molecule has 0 saturated heterocycles. The van der Waals surface area contributed by atoms with Crippen LogP contribution in [0.15, 0.2) is 42.7 Å². The van der Waals surface area contributed by atoms with Crippen molar-refractivity contribution in [3.63, 3.8) is 0 Å². The maximum atomic E-state index is 12.9. The Bertz CT molecular complexity index is 840. The van der Waals surface area contributed by atoms with Crippen LogP contribution >= 0.6 is 0 Å². The van der Waals surface area contributed by atoms with E-state index in [9.17, 15) is 9.59 Å². The summed E-state index contributed by atoms with van der Waals surface area (Å²) in [5, 5.41) is 6.17. The van der Waals surface area contributed by atoms with Gasteiger partial charge in [0.15, 0.2) is 0 Å². The van der Waals surface area contributed by atoms with Crippen molar-refractivity contribution in [2.75, 3.05) is 5.32 Å². The molecule has 0 unspecified atom stereocenters. The van der Waals surface area contributed by atoms with E-state index in [0.717, 1.165) is 42.5 Å². The van der Waals surface area contributed by atoms with Gasteiger partial charge >= 0.3 is 0 Å². The van der Waals surface area contributed by atoms with E-state index in [2.05, 4.69) is 35.5 Å². The molecule has 1 aliphatic rings. The maximum absolute atomic E-state index is 12.9. The van der Waals surface area contributed by atoms with Gasteiger partial charge in [-0.05, 0) is 61.3 Å². The van der Waals surface area contributed by atoms with Gasteiger partial charge in [-0.2, -0.15) is 0 Å². The van der Waals surface area contributed by atoms with Crippen molar-refractivity contribution in [2.24, 2.45) is 11.8 Å². The van der Waals surface area contributed by atoms with Gasteiger partial charge in [0.1, 0.15) is 0 Å². The number of amides is 2. The van der Waals surface area contributed by atoms with Gasteiger partial charge in [-0.1, -0.05) is 38.1 Å². The number of aromatic nitrogens is 1. The van der Waals surface area contributed by atoms with Gasteiger partial charge in [0.05, 0.1) is 0 Å². The highest BCUT2D eigenvalue weighted by Crippen LogP contribution is 2.32. The number of rotatable bonds is 6. The average molecular weight is 394 g/mol. The van der Waals surface area contributed by atoms with Crippen LogP contribution < -0.4 is 10.6 Å².